The van der Waals surface area contributed by atoms with Gasteiger partial charge >= 0.3 is 0 Å². The van der Waals surface area contributed by atoms with E-state index < -0.39 is 5.82 Å². The van der Waals surface area contributed by atoms with Crippen molar-refractivity contribution in [3.63, 3.8) is 0 Å². The van der Waals surface area contributed by atoms with E-state index in [1.54, 1.807) is 24.5 Å². The van der Waals surface area contributed by atoms with Crippen molar-refractivity contribution >= 4 is 23.3 Å². The number of nitrogens with zero attached hydrogens (tertiary/aromatic N) is 4. The molecule has 126 valence electrons. The Bertz CT molecular complexity index is 973. The van der Waals surface area contributed by atoms with Gasteiger partial charge in [0.15, 0.2) is 0 Å². The SMILES string of the molecule is Cc1nn(-c2ncccn2)c2c1[C@@H](c1ccc(F)cc1Cl)CC(=O)N2. The predicted molar refractivity (Wildman–Crippen MR) is 90.4 cm³/mol. The number of benzene rings is 1. The van der Waals surface area contributed by atoms with E-state index in [9.17, 15) is 9.18 Å². The van der Waals surface area contributed by atoms with Crippen molar-refractivity contribution in [3.8, 4) is 5.95 Å². The number of halogens is 2. The number of carbonyl (C=O) groups excluding carboxylic acids is 1. The summed E-state index contributed by atoms with van der Waals surface area (Å²) in [5, 5.41) is 7.61. The zero-order valence-electron chi connectivity index (χ0n) is 13.2. The van der Waals surface area contributed by atoms with E-state index in [-0.39, 0.29) is 23.3 Å². The van der Waals surface area contributed by atoms with E-state index in [0.29, 0.717) is 17.3 Å². The molecule has 1 aliphatic rings. The Morgan fingerprint density at radius 2 is 2.08 bits per heavy atom. The molecule has 0 saturated heterocycles. The van der Waals surface area contributed by atoms with Gasteiger partial charge in [0.2, 0.25) is 5.91 Å². The minimum Gasteiger partial charge on any atom is -0.310 e. The average Bonchev–Trinajstić information content (AvgIpc) is 2.92. The van der Waals surface area contributed by atoms with Crippen LogP contribution in [0, 0.1) is 12.7 Å². The van der Waals surface area contributed by atoms with Gasteiger partial charge in [-0.3, -0.25) is 4.79 Å². The summed E-state index contributed by atoms with van der Waals surface area (Å²) in [7, 11) is 0. The Kier molecular flexibility index (Phi) is 3.73. The van der Waals surface area contributed by atoms with E-state index in [1.807, 2.05) is 6.92 Å². The van der Waals surface area contributed by atoms with Crippen LogP contribution in [0.2, 0.25) is 5.02 Å². The van der Waals surface area contributed by atoms with Crippen LogP contribution in [-0.4, -0.2) is 25.7 Å². The van der Waals surface area contributed by atoms with Crippen LogP contribution in [0.15, 0.2) is 36.7 Å². The van der Waals surface area contributed by atoms with Gasteiger partial charge in [-0.1, -0.05) is 17.7 Å². The molecule has 0 saturated carbocycles. The monoisotopic (exact) mass is 357 g/mol. The van der Waals surface area contributed by atoms with E-state index in [0.717, 1.165) is 11.3 Å². The van der Waals surface area contributed by atoms with E-state index in [2.05, 4.69) is 20.4 Å². The number of carbonyl (C=O) groups is 1. The lowest BCUT2D eigenvalue weighted by atomic mass is 9.86. The molecule has 1 N–H and O–H groups in total. The molecule has 2 aromatic heterocycles. The maximum atomic E-state index is 13.4. The van der Waals surface area contributed by atoms with Gasteiger partial charge in [0.1, 0.15) is 11.6 Å². The second-order valence-corrected chi connectivity index (χ2v) is 6.19. The molecule has 1 aliphatic heterocycles. The van der Waals surface area contributed by atoms with Crippen molar-refractivity contribution in [2.75, 3.05) is 5.32 Å². The fraction of sp³-hybridized carbons (Fsp3) is 0.176. The summed E-state index contributed by atoms with van der Waals surface area (Å²) >= 11 is 6.23. The quantitative estimate of drug-likeness (QED) is 0.764. The molecule has 0 radical (unpaired) electrons. The molecular formula is C17H13ClFN5O. The third kappa shape index (κ3) is 2.66. The third-order valence-electron chi connectivity index (χ3n) is 4.18. The van der Waals surface area contributed by atoms with Crippen LogP contribution in [0.25, 0.3) is 5.95 Å². The maximum Gasteiger partial charge on any atom is 0.252 e. The molecule has 3 aromatic rings. The Hall–Kier alpha value is -2.80. The summed E-state index contributed by atoms with van der Waals surface area (Å²) in [4.78, 5) is 20.6. The molecule has 4 rings (SSSR count). The van der Waals surface area contributed by atoms with Gasteiger partial charge < -0.3 is 5.32 Å². The number of anilines is 1. The maximum absolute atomic E-state index is 13.4. The molecule has 8 heteroatoms. The summed E-state index contributed by atoms with van der Waals surface area (Å²) in [5.74, 6) is -0.0213. The van der Waals surface area contributed by atoms with Gasteiger partial charge in [-0.05, 0) is 30.7 Å². The second-order valence-electron chi connectivity index (χ2n) is 5.78. The Labute approximate surface area is 147 Å². The topological polar surface area (TPSA) is 72.7 Å². The van der Waals surface area contributed by atoms with Gasteiger partial charge in [0, 0.05) is 35.3 Å². The number of hydrogen-bond acceptors (Lipinski definition) is 4. The molecule has 1 aromatic carbocycles. The summed E-state index contributed by atoms with van der Waals surface area (Å²) in [6.45, 7) is 1.85. The second kappa shape index (κ2) is 5.93. The lowest BCUT2D eigenvalue weighted by Gasteiger charge is -2.24. The summed E-state index contributed by atoms with van der Waals surface area (Å²) < 4.78 is 14.9. The van der Waals surface area contributed by atoms with Gasteiger partial charge in [0.25, 0.3) is 5.95 Å². The largest absolute Gasteiger partial charge is 0.310 e. The molecule has 3 heterocycles. The molecule has 1 amide bonds. The van der Waals surface area contributed by atoms with Crippen molar-refractivity contribution in [3.05, 3.63) is 64.3 Å². The van der Waals surface area contributed by atoms with Crippen molar-refractivity contribution in [1.29, 1.82) is 0 Å². The molecule has 0 fully saturated rings. The molecule has 6 nitrogen and oxygen atoms in total. The highest BCUT2D eigenvalue weighted by molar-refractivity contribution is 6.31. The molecule has 0 aliphatic carbocycles. The number of amides is 1. The smallest absolute Gasteiger partial charge is 0.252 e. The van der Waals surface area contributed by atoms with Gasteiger partial charge in [-0.15, -0.1) is 0 Å². The van der Waals surface area contributed by atoms with Gasteiger partial charge in [-0.2, -0.15) is 9.78 Å². The number of aryl methyl sites for hydroxylation is 1. The van der Waals surface area contributed by atoms with Gasteiger partial charge in [0.05, 0.1) is 5.69 Å². The van der Waals surface area contributed by atoms with Crippen LogP contribution in [-0.2, 0) is 4.79 Å². The highest BCUT2D eigenvalue weighted by Gasteiger charge is 2.34. The third-order valence-corrected chi connectivity index (χ3v) is 4.51. The zero-order chi connectivity index (χ0) is 17.6. The number of hydrogen-bond donors (Lipinski definition) is 1. The normalized spacial score (nSPS) is 16.4. The number of nitrogens with one attached hydrogen (secondary N) is 1. The predicted octanol–water partition coefficient (Wildman–Crippen LogP) is 3.24. The molecular weight excluding hydrogens is 345 g/mol. The van der Waals surface area contributed by atoms with Crippen LogP contribution in [0.3, 0.4) is 0 Å². The van der Waals surface area contributed by atoms with Crippen LogP contribution in [0.1, 0.15) is 29.2 Å². The lowest BCUT2D eigenvalue weighted by Crippen LogP contribution is -2.25. The Morgan fingerprint density at radius 3 is 2.80 bits per heavy atom. The molecule has 25 heavy (non-hydrogen) atoms. The summed E-state index contributed by atoms with van der Waals surface area (Å²) in [5.41, 5.74) is 2.25. The average molecular weight is 358 g/mol. The fourth-order valence-corrected chi connectivity index (χ4v) is 3.44. The minimum absolute atomic E-state index is 0.171. The first-order valence-corrected chi connectivity index (χ1v) is 8.04. The first-order valence-electron chi connectivity index (χ1n) is 7.66. The Balaban J connectivity index is 1.90. The van der Waals surface area contributed by atoms with E-state index in [4.69, 9.17) is 11.6 Å². The van der Waals surface area contributed by atoms with Crippen molar-refractivity contribution in [2.24, 2.45) is 0 Å². The van der Waals surface area contributed by atoms with Crippen LogP contribution in [0.4, 0.5) is 10.2 Å². The first kappa shape index (κ1) is 15.7. The van der Waals surface area contributed by atoms with E-state index >= 15 is 0 Å². The highest BCUT2D eigenvalue weighted by Crippen LogP contribution is 2.42. The van der Waals surface area contributed by atoms with Crippen molar-refractivity contribution in [2.45, 2.75) is 19.3 Å². The van der Waals surface area contributed by atoms with E-state index in [1.165, 1.54) is 16.8 Å². The van der Waals surface area contributed by atoms with Gasteiger partial charge in [-0.25, -0.2) is 14.4 Å². The van der Waals surface area contributed by atoms with Crippen LogP contribution >= 0.6 is 11.6 Å². The molecule has 0 spiro atoms. The van der Waals surface area contributed by atoms with Crippen molar-refractivity contribution < 1.29 is 9.18 Å². The fourth-order valence-electron chi connectivity index (χ4n) is 3.14. The lowest BCUT2D eigenvalue weighted by molar-refractivity contribution is -0.116. The molecule has 0 bridgehead atoms. The zero-order valence-corrected chi connectivity index (χ0v) is 14.0. The molecule has 1 atom stereocenters. The highest BCUT2D eigenvalue weighted by atomic mass is 35.5. The first-order chi connectivity index (χ1) is 12.0. The number of rotatable bonds is 2. The Morgan fingerprint density at radius 1 is 1.32 bits per heavy atom. The minimum atomic E-state index is -0.417. The molecule has 0 unspecified atom stereocenters. The summed E-state index contributed by atoms with van der Waals surface area (Å²) in [6.07, 6.45) is 3.41. The van der Waals surface area contributed by atoms with Crippen LogP contribution < -0.4 is 5.32 Å². The number of aromatic nitrogens is 4. The summed E-state index contributed by atoms with van der Waals surface area (Å²) in [6, 6.07) is 5.91. The van der Waals surface area contributed by atoms with Crippen LogP contribution in [0.5, 0.6) is 0 Å². The number of fused-ring (bicyclic) bond motifs is 1. The standard InChI is InChI=1S/C17H13ClFN5O/c1-9-15-12(11-4-3-10(19)7-13(11)18)8-14(25)22-16(15)24(23-9)17-20-5-2-6-21-17/h2-7,12H,8H2,1H3,(H,22,25)/t12-/m1/s1. The van der Waals surface area contributed by atoms with Crippen molar-refractivity contribution in [1.82, 2.24) is 19.7 Å².